The molecule has 0 aliphatic heterocycles. The number of halogens is 2. The Bertz CT molecular complexity index is 435. The topological polar surface area (TPSA) is 27.6 Å². The molecule has 0 fully saturated rings. The van der Waals surface area contributed by atoms with E-state index in [1.807, 2.05) is 13.1 Å². The van der Waals surface area contributed by atoms with Crippen molar-refractivity contribution in [3.8, 4) is 0 Å². The summed E-state index contributed by atoms with van der Waals surface area (Å²) in [5, 5.41) is 3.29. The molecule has 0 aliphatic carbocycles. The highest BCUT2D eigenvalue weighted by Crippen LogP contribution is 2.09. The Morgan fingerprint density at radius 3 is 2.65 bits per heavy atom. The van der Waals surface area contributed by atoms with Crippen LogP contribution in [0, 0.1) is 12.7 Å². The fourth-order valence-corrected chi connectivity index (χ4v) is 1.88. The van der Waals surface area contributed by atoms with Crippen LogP contribution in [0.5, 0.6) is 0 Å². The predicted octanol–water partition coefficient (Wildman–Crippen LogP) is 3.56. The van der Waals surface area contributed by atoms with Crippen LogP contribution in [0.25, 0.3) is 0 Å². The van der Waals surface area contributed by atoms with E-state index in [0.29, 0.717) is 12.1 Å². The molecule has 0 heterocycles. The number of rotatable bonds is 5. The van der Waals surface area contributed by atoms with Gasteiger partial charge in [-0.15, -0.1) is 24.0 Å². The Kier molecular flexibility index (Phi) is 9.54. The normalized spacial score (nSPS) is 10.9. The largest absolute Gasteiger partial charge is 0.352 e. The van der Waals surface area contributed by atoms with Crippen LogP contribution < -0.4 is 5.32 Å². The van der Waals surface area contributed by atoms with Gasteiger partial charge in [0, 0.05) is 27.2 Å². The summed E-state index contributed by atoms with van der Waals surface area (Å²) in [6, 6.07) is 5.17. The molecule has 1 aromatic carbocycles. The number of hydrogen-bond donors (Lipinski definition) is 1. The van der Waals surface area contributed by atoms with Crippen LogP contribution >= 0.6 is 24.0 Å². The zero-order chi connectivity index (χ0) is 14.3. The number of aliphatic imine (C=N–C) groups is 1. The van der Waals surface area contributed by atoms with Crippen molar-refractivity contribution in [2.45, 2.75) is 33.2 Å². The second-order valence-electron chi connectivity index (χ2n) is 4.76. The molecule has 0 unspecified atom stereocenters. The molecule has 114 valence electrons. The molecule has 0 amide bonds. The zero-order valence-electron chi connectivity index (χ0n) is 12.7. The number of nitrogens with zero attached hydrogens (tertiary/aromatic N) is 2. The minimum Gasteiger partial charge on any atom is -0.352 e. The lowest BCUT2D eigenvalue weighted by Gasteiger charge is -2.22. The fourth-order valence-electron chi connectivity index (χ4n) is 1.88. The number of unbranched alkanes of at least 4 members (excludes halogenated alkanes) is 1. The zero-order valence-corrected chi connectivity index (χ0v) is 15.1. The first-order valence-electron chi connectivity index (χ1n) is 6.75. The lowest BCUT2D eigenvalue weighted by atomic mass is 10.1. The van der Waals surface area contributed by atoms with Crippen molar-refractivity contribution in [3.63, 3.8) is 0 Å². The SMILES string of the molecule is CCCCN(C)C(=NC)NCc1ccc(F)c(C)c1.I. The van der Waals surface area contributed by atoms with Gasteiger partial charge in [0.1, 0.15) is 5.82 Å². The van der Waals surface area contributed by atoms with Crippen LogP contribution in [0.2, 0.25) is 0 Å². The predicted molar refractivity (Wildman–Crippen MR) is 94.3 cm³/mol. The molecule has 1 N–H and O–H groups in total. The summed E-state index contributed by atoms with van der Waals surface area (Å²) >= 11 is 0. The summed E-state index contributed by atoms with van der Waals surface area (Å²) in [7, 11) is 3.81. The van der Waals surface area contributed by atoms with Crippen LogP contribution in [0.4, 0.5) is 4.39 Å². The Balaban J connectivity index is 0.00000361. The van der Waals surface area contributed by atoms with E-state index in [0.717, 1.165) is 24.5 Å². The summed E-state index contributed by atoms with van der Waals surface area (Å²) in [6.07, 6.45) is 2.31. The van der Waals surface area contributed by atoms with Crippen molar-refractivity contribution in [2.75, 3.05) is 20.6 Å². The van der Waals surface area contributed by atoms with Crippen LogP contribution in [0.15, 0.2) is 23.2 Å². The molecule has 0 saturated heterocycles. The van der Waals surface area contributed by atoms with Gasteiger partial charge in [0.2, 0.25) is 0 Å². The molecule has 0 saturated carbocycles. The maximum atomic E-state index is 13.2. The molecule has 0 spiro atoms. The molecule has 5 heteroatoms. The second-order valence-corrected chi connectivity index (χ2v) is 4.76. The van der Waals surface area contributed by atoms with Crippen LogP contribution in [-0.2, 0) is 6.54 Å². The van der Waals surface area contributed by atoms with Gasteiger partial charge in [-0.25, -0.2) is 4.39 Å². The summed E-state index contributed by atoms with van der Waals surface area (Å²) < 4.78 is 13.2. The Hall–Kier alpha value is -0.850. The Labute approximate surface area is 138 Å². The Morgan fingerprint density at radius 2 is 2.10 bits per heavy atom. The minimum absolute atomic E-state index is 0. The summed E-state index contributed by atoms with van der Waals surface area (Å²) in [5.41, 5.74) is 1.73. The molecule has 0 atom stereocenters. The van der Waals surface area contributed by atoms with Crippen molar-refractivity contribution in [1.29, 1.82) is 0 Å². The second kappa shape index (κ2) is 9.96. The van der Waals surface area contributed by atoms with Gasteiger partial charge in [-0.1, -0.05) is 25.5 Å². The molecular weight excluding hydrogens is 368 g/mol. The van der Waals surface area contributed by atoms with E-state index < -0.39 is 0 Å². The molecule has 1 aromatic rings. The van der Waals surface area contributed by atoms with Gasteiger partial charge < -0.3 is 10.2 Å². The molecule has 0 radical (unpaired) electrons. The van der Waals surface area contributed by atoms with Crippen molar-refractivity contribution < 1.29 is 4.39 Å². The van der Waals surface area contributed by atoms with Gasteiger partial charge in [-0.3, -0.25) is 4.99 Å². The average Bonchev–Trinajstić information content (AvgIpc) is 2.41. The highest BCUT2D eigenvalue weighted by molar-refractivity contribution is 14.0. The van der Waals surface area contributed by atoms with Gasteiger partial charge in [0.15, 0.2) is 5.96 Å². The van der Waals surface area contributed by atoms with Crippen molar-refractivity contribution >= 4 is 29.9 Å². The van der Waals surface area contributed by atoms with Crippen LogP contribution in [-0.4, -0.2) is 31.5 Å². The van der Waals surface area contributed by atoms with Crippen molar-refractivity contribution in [1.82, 2.24) is 10.2 Å². The van der Waals surface area contributed by atoms with E-state index in [1.165, 1.54) is 12.5 Å². The first-order chi connectivity index (χ1) is 9.08. The van der Waals surface area contributed by atoms with E-state index in [9.17, 15) is 4.39 Å². The lowest BCUT2D eigenvalue weighted by molar-refractivity contribution is 0.464. The van der Waals surface area contributed by atoms with Crippen LogP contribution in [0.3, 0.4) is 0 Å². The monoisotopic (exact) mass is 393 g/mol. The number of aryl methyl sites for hydroxylation is 1. The van der Waals surface area contributed by atoms with Crippen molar-refractivity contribution in [3.05, 3.63) is 35.1 Å². The summed E-state index contributed by atoms with van der Waals surface area (Å²) in [5.74, 6) is 0.712. The molecular formula is C15H25FIN3. The highest BCUT2D eigenvalue weighted by atomic mass is 127. The third-order valence-electron chi connectivity index (χ3n) is 3.09. The van der Waals surface area contributed by atoms with Crippen LogP contribution in [0.1, 0.15) is 30.9 Å². The maximum Gasteiger partial charge on any atom is 0.193 e. The summed E-state index contributed by atoms with van der Waals surface area (Å²) in [6.45, 7) is 5.59. The van der Waals surface area contributed by atoms with Gasteiger partial charge >= 0.3 is 0 Å². The quantitative estimate of drug-likeness (QED) is 0.471. The van der Waals surface area contributed by atoms with Gasteiger partial charge in [-0.2, -0.15) is 0 Å². The highest BCUT2D eigenvalue weighted by Gasteiger charge is 2.05. The van der Waals surface area contributed by atoms with Gasteiger partial charge in [0.05, 0.1) is 0 Å². The Morgan fingerprint density at radius 1 is 1.40 bits per heavy atom. The van der Waals surface area contributed by atoms with E-state index in [2.05, 4.69) is 22.1 Å². The van der Waals surface area contributed by atoms with Gasteiger partial charge in [-0.05, 0) is 30.5 Å². The molecule has 0 aromatic heterocycles. The van der Waals surface area contributed by atoms with E-state index in [4.69, 9.17) is 0 Å². The first kappa shape index (κ1) is 19.1. The average molecular weight is 393 g/mol. The van der Waals surface area contributed by atoms with E-state index in [-0.39, 0.29) is 29.8 Å². The number of guanidine groups is 1. The van der Waals surface area contributed by atoms with E-state index >= 15 is 0 Å². The fraction of sp³-hybridized carbons (Fsp3) is 0.533. The standard InChI is InChI=1S/C15H24FN3.HI/c1-5-6-9-19(4)15(17-3)18-11-13-7-8-14(16)12(2)10-13;/h7-8,10H,5-6,9,11H2,1-4H3,(H,17,18);1H. The number of nitrogens with one attached hydrogen (secondary N) is 1. The molecule has 20 heavy (non-hydrogen) atoms. The maximum absolute atomic E-state index is 13.2. The van der Waals surface area contributed by atoms with Crippen molar-refractivity contribution in [2.24, 2.45) is 4.99 Å². The van der Waals surface area contributed by atoms with E-state index in [1.54, 1.807) is 20.0 Å². The molecule has 3 nitrogen and oxygen atoms in total. The third-order valence-corrected chi connectivity index (χ3v) is 3.09. The number of benzene rings is 1. The molecule has 0 aliphatic rings. The first-order valence-corrected chi connectivity index (χ1v) is 6.75. The molecule has 0 bridgehead atoms. The number of hydrogen-bond acceptors (Lipinski definition) is 1. The smallest absolute Gasteiger partial charge is 0.193 e. The molecule has 1 rings (SSSR count). The summed E-state index contributed by atoms with van der Waals surface area (Å²) in [4.78, 5) is 6.36. The van der Waals surface area contributed by atoms with Gasteiger partial charge in [0.25, 0.3) is 0 Å². The lowest BCUT2D eigenvalue weighted by Crippen LogP contribution is -2.38. The minimum atomic E-state index is -0.159. The third kappa shape index (κ3) is 6.07.